The number of hydrogen-bond acceptors (Lipinski definition) is 6. The minimum atomic E-state index is -1.41. The molecule has 88 valence electrons. The van der Waals surface area contributed by atoms with E-state index in [0.29, 0.717) is 0 Å². The maximum Gasteiger partial charge on any atom is 0.311 e. The van der Waals surface area contributed by atoms with Gasteiger partial charge in [0.1, 0.15) is 6.10 Å². The second-order valence-electron chi connectivity index (χ2n) is 3.17. The van der Waals surface area contributed by atoms with E-state index in [0.717, 1.165) is 6.07 Å². The number of aromatic hydroxyl groups is 1. The summed E-state index contributed by atoms with van der Waals surface area (Å²) < 4.78 is 0. The molecule has 6 nitrogen and oxygen atoms in total. The van der Waals surface area contributed by atoms with Crippen molar-refractivity contribution < 1.29 is 20.2 Å². The number of nitro groups is 1. The van der Waals surface area contributed by atoms with Crippen LogP contribution in [0.4, 0.5) is 5.69 Å². The molecule has 0 bridgehead atoms. The number of thiol groups is 1. The minimum absolute atomic E-state index is 0.0245. The summed E-state index contributed by atoms with van der Waals surface area (Å²) in [6, 6.07) is 3.74. The molecule has 0 saturated carbocycles. The lowest BCUT2D eigenvalue weighted by molar-refractivity contribution is -0.386. The quantitative estimate of drug-likeness (QED) is 0.354. The van der Waals surface area contributed by atoms with Crippen molar-refractivity contribution in [2.24, 2.45) is 0 Å². The molecule has 1 aromatic rings. The van der Waals surface area contributed by atoms with Crippen LogP contribution in [-0.2, 0) is 0 Å². The van der Waals surface area contributed by atoms with Gasteiger partial charge < -0.3 is 15.3 Å². The van der Waals surface area contributed by atoms with Crippen LogP contribution in [-0.4, -0.2) is 32.1 Å². The number of aliphatic hydroxyl groups is 2. The summed E-state index contributed by atoms with van der Waals surface area (Å²) in [5.41, 5.74) is -0.598. The van der Waals surface area contributed by atoms with Gasteiger partial charge >= 0.3 is 5.69 Å². The van der Waals surface area contributed by atoms with Crippen LogP contribution in [0.2, 0.25) is 0 Å². The van der Waals surface area contributed by atoms with E-state index in [-0.39, 0.29) is 11.3 Å². The molecule has 16 heavy (non-hydrogen) atoms. The van der Waals surface area contributed by atoms with E-state index in [1.165, 1.54) is 12.1 Å². The number of benzene rings is 1. The van der Waals surface area contributed by atoms with Crippen LogP contribution >= 0.6 is 12.6 Å². The van der Waals surface area contributed by atoms with Gasteiger partial charge in [-0.05, 0) is 0 Å². The van der Waals surface area contributed by atoms with Crippen LogP contribution in [0.1, 0.15) is 11.7 Å². The Balaban J connectivity index is 3.15. The minimum Gasteiger partial charge on any atom is -0.502 e. The molecule has 2 atom stereocenters. The Morgan fingerprint density at radius 3 is 2.56 bits per heavy atom. The third kappa shape index (κ3) is 2.43. The first-order valence-electron chi connectivity index (χ1n) is 4.42. The van der Waals surface area contributed by atoms with Crippen molar-refractivity contribution in [1.82, 2.24) is 0 Å². The van der Waals surface area contributed by atoms with Gasteiger partial charge in [-0.2, -0.15) is 12.6 Å². The first kappa shape index (κ1) is 12.8. The predicted octanol–water partition coefficient (Wildman–Crippen LogP) is 0.624. The molecule has 1 aromatic carbocycles. The van der Waals surface area contributed by atoms with Crippen LogP contribution in [0.25, 0.3) is 0 Å². The van der Waals surface area contributed by atoms with Crippen molar-refractivity contribution in [1.29, 1.82) is 0 Å². The van der Waals surface area contributed by atoms with Crippen LogP contribution < -0.4 is 0 Å². The van der Waals surface area contributed by atoms with Crippen molar-refractivity contribution in [2.45, 2.75) is 12.2 Å². The average molecular weight is 245 g/mol. The third-order valence-corrected chi connectivity index (χ3v) is 2.49. The number of phenolic OH excluding ortho intramolecular Hbond substituents is 1. The summed E-state index contributed by atoms with van der Waals surface area (Å²) in [5, 5.41) is 39.0. The van der Waals surface area contributed by atoms with Crippen molar-refractivity contribution in [3.05, 3.63) is 33.9 Å². The molecule has 0 heterocycles. The Bertz CT molecular complexity index is 397. The topological polar surface area (TPSA) is 104 Å². The molecule has 0 radical (unpaired) electrons. The molecule has 0 fully saturated rings. The van der Waals surface area contributed by atoms with Gasteiger partial charge in [-0.1, -0.05) is 12.1 Å². The Morgan fingerprint density at radius 1 is 1.44 bits per heavy atom. The molecule has 0 aliphatic rings. The second kappa shape index (κ2) is 5.15. The standard InChI is InChI=1S/C9H11NO5S/c11-7(4-16)9(13)5-2-1-3-6(8(5)12)10(14)15/h1-3,7,9,11-13,16H,4H2. The van der Waals surface area contributed by atoms with Gasteiger partial charge in [-0.3, -0.25) is 10.1 Å². The number of hydrogen-bond donors (Lipinski definition) is 4. The highest BCUT2D eigenvalue weighted by molar-refractivity contribution is 7.80. The maximum absolute atomic E-state index is 10.5. The van der Waals surface area contributed by atoms with Gasteiger partial charge in [0, 0.05) is 17.4 Å². The molecule has 1 rings (SSSR count). The first-order chi connectivity index (χ1) is 7.49. The molecule has 7 heteroatoms. The van der Waals surface area contributed by atoms with Crippen molar-refractivity contribution in [3.8, 4) is 5.75 Å². The molecule has 0 saturated heterocycles. The first-order valence-corrected chi connectivity index (χ1v) is 5.05. The number of rotatable bonds is 4. The monoisotopic (exact) mass is 245 g/mol. The van der Waals surface area contributed by atoms with Crippen LogP contribution in [0.3, 0.4) is 0 Å². The maximum atomic E-state index is 10.5. The van der Waals surface area contributed by atoms with Crippen molar-refractivity contribution >= 4 is 18.3 Å². The molecule has 0 spiro atoms. The Hall–Kier alpha value is -1.31. The average Bonchev–Trinajstić information content (AvgIpc) is 2.27. The lowest BCUT2D eigenvalue weighted by atomic mass is 10.0. The normalized spacial score (nSPS) is 14.4. The van der Waals surface area contributed by atoms with Gasteiger partial charge in [0.2, 0.25) is 0 Å². The van der Waals surface area contributed by atoms with E-state index in [9.17, 15) is 25.4 Å². The molecule has 0 aromatic heterocycles. The summed E-state index contributed by atoms with van der Waals surface area (Å²) in [5.74, 6) is -0.663. The zero-order chi connectivity index (χ0) is 12.3. The van der Waals surface area contributed by atoms with Gasteiger partial charge in [0.05, 0.1) is 11.0 Å². The smallest absolute Gasteiger partial charge is 0.311 e. The van der Waals surface area contributed by atoms with Crippen LogP contribution in [0.5, 0.6) is 5.75 Å². The molecule has 3 N–H and O–H groups in total. The molecule has 0 amide bonds. The zero-order valence-electron chi connectivity index (χ0n) is 8.15. The van der Waals surface area contributed by atoms with E-state index in [4.69, 9.17) is 0 Å². The zero-order valence-corrected chi connectivity index (χ0v) is 9.04. The fourth-order valence-electron chi connectivity index (χ4n) is 1.24. The number of nitrogens with zero attached hydrogens (tertiary/aromatic N) is 1. The molecule has 0 aliphatic heterocycles. The lowest BCUT2D eigenvalue weighted by Gasteiger charge is -2.16. The fraction of sp³-hybridized carbons (Fsp3) is 0.333. The Kier molecular flexibility index (Phi) is 4.11. The second-order valence-corrected chi connectivity index (χ2v) is 3.53. The Morgan fingerprint density at radius 2 is 2.06 bits per heavy atom. The van der Waals surface area contributed by atoms with E-state index in [1.807, 2.05) is 0 Å². The van der Waals surface area contributed by atoms with Gasteiger partial charge in [-0.25, -0.2) is 0 Å². The fourth-order valence-corrected chi connectivity index (χ4v) is 1.44. The van der Waals surface area contributed by atoms with E-state index in [2.05, 4.69) is 12.6 Å². The SMILES string of the molecule is O=[N+]([O-])c1cccc(C(O)C(O)CS)c1O. The highest BCUT2D eigenvalue weighted by Crippen LogP contribution is 2.34. The van der Waals surface area contributed by atoms with E-state index >= 15 is 0 Å². The number of phenols is 1. The number of para-hydroxylation sites is 1. The van der Waals surface area contributed by atoms with Crippen molar-refractivity contribution in [3.63, 3.8) is 0 Å². The van der Waals surface area contributed by atoms with Crippen LogP contribution in [0, 0.1) is 10.1 Å². The van der Waals surface area contributed by atoms with Gasteiger partial charge in [-0.15, -0.1) is 0 Å². The van der Waals surface area contributed by atoms with E-state index < -0.39 is 28.6 Å². The third-order valence-electron chi connectivity index (χ3n) is 2.11. The van der Waals surface area contributed by atoms with Gasteiger partial charge in [0.25, 0.3) is 0 Å². The van der Waals surface area contributed by atoms with Crippen LogP contribution in [0.15, 0.2) is 18.2 Å². The number of aliphatic hydroxyl groups excluding tert-OH is 2. The molecule has 2 unspecified atom stereocenters. The summed E-state index contributed by atoms with van der Waals surface area (Å²) in [7, 11) is 0. The van der Waals surface area contributed by atoms with Gasteiger partial charge in [0.15, 0.2) is 5.75 Å². The molecule has 0 aliphatic carbocycles. The number of nitro benzene ring substituents is 1. The summed E-state index contributed by atoms with van der Waals surface area (Å²) in [6.07, 6.45) is -2.60. The largest absolute Gasteiger partial charge is 0.502 e. The summed E-state index contributed by atoms with van der Waals surface area (Å²) in [6.45, 7) is 0. The predicted molar refractivity (Wildman–Crippen MR) is 59.6 cm³/mol. The Labute approximate surface area is 96.7 Å². The lowest BCUT2D eigenvalue weighted by Crippen LogP contribution is -2.19. The molecular weight excluding hydrogens is 234 g/mol. The summed E-state index contributed by atoms with van der Waals surface area (Å²) in [4.78, 5) is 9.76. The highest BCUT2D eigenvalue weighted by atomic mass is 32.1. The summed E-state index contributed by atoms with van der Waals surface area (Å²) >= 11 is 3.78. The molecular formula is C9H11NO5S. The van der Waals surface area contributed by atoms with E-state index in [1.54, 1.807) is 0 Å². The van der Waals surface area contributed by atoms with Crippen molar-refractivity contribution in [2.75, 3.05) is 5.75 Å². The highest BCUT2D eigenvalue weighted by Gasteiger charge is 2.25.